The van der Waals surface area contributed by atoms with Crippen molar-refractivity contribution in [2.24, 2.45) is 7.05 Å². The molecule has 1 saturated carbocycles. The van der Waals surface area contributed by atoms with E-state index in [1.54, 1.807) is 0 Å². The Hall–Kier alpha value is -2.66. The zero-order chi connectivity index (χ0) is 19.3. The van der Waals surface area contributed by atoms with Crippen LogP contribution in [0.2, 0.25) is 0 Å². The number of rotatable bonds is 3. The van der Waals surface area contributed by atoms with Crippen molar-refractivity contribution in [3.05, 3.63) is 48.5 Å². The molecule has 1 aliphatic rings. The predicted octanol–water partition coefficient (Wildman–Crippen LogP) is 4.70. The predicted molar refractivity (Wildman–Crippen MR) is 114 cm³/mol. The van der Waals surface area contributed by atoms with Crippen molar-refractivity contribution in [1.29, 1.82) is 0 Å². The summed E-state index contributed by atoms with van der Waals surface area (Å²) in [5.41, 5.74) is 4.80. The maximum atomic E-state index is 4.69. The Labute approximate surface area is 165 Å². The van der Waals surface area contributed by atoms with E-state index < -0.39 is 0 Å². The van der Waals surface area contributed by atoms with Gasteiger partial charge >= 0.3 is 0 Å². The zero-order valence-corrected chi connectivity index (χ0v) is 16.8. The lowest BCUT2D eigenvalue weighted by Gasteiger charge is -2.32. The van der Waals surface area contributed by atoms with E-state index in [2.05, 4.69) is 59.7 Å². The number of aromatic nitrogens is 4. The second kappa shape index (κ2) is 6.74. The van der Waals surface area contributed by atoms with Gasteiger partial charge in [0, 0.05) is 48.0 Å². The van der Waals surface area contributed by atoms with Crippen LogP contribution in [-0.2, 0) is 7.05 Å². The van der Waals surface area contributed by atoms with E-state index in [1.807, 2.05) is 24.1 Å². The Morgan fingerprint density at radius 3 is 2.61 bits per heavy atom. The maximum absolute atomic E-state index is 4.69. The molecule has 0 amide bonds. The summed E-state index contributed by atoms with van der Waals surface area (Å²) in [5.74, 6) is 0.611. The highest BCUT2D eigenvalue weighted by molar-refractivity contribution is 6.07. The van der Waals surface area contributed by atoms with E-state index in [4.69, 9.17) is 4.98 Å². The summed E-state index contributed by atoms with van der Waals surface area (Å²) in [4.78, 5) is 10.5. The number of aromatic amines is 1. The van der Waals surface area contributed by atoms with Gasteiger partial charge in [0.15, 0.2) is 0 Å². The van der Waals surface area contributed by atoms with Gasteiger partial charge in [0.25, 0.3) is 0 Å². The molecule has 1 fully saturated rings. The van der Waals surface area contributed by atoms with Gasteiger partial charge in [0.05, 0.1) is 6.20 Å². The summed E-state index contributed by atoms with van der Waals surface area (Å²) in [5, 5.41) is 8.12. The molecule has 28 heavy (non-hydrogen) atoms. The number of H-pyrrole nitrogens is 1. The highest BCUT2D eigenvalue weighted by atomic mass is 15.2. The van der Waals surface area contributed by atoms with Gasteiger partial charge in [-0.2, -0.15) is 5.10 Å². The molecule has 1 N–H and O–H groups in total. The fraction of sp³-hybridized carbons (Fsp3) is 0.391. The third-order valence-electron chi connectivity index (χ3n) is 6.45. The van der Waals surface area contributed by atoms with E-state index >= 15 is 0 Å². The fourth-order valence-electron chi connectivity index (χ4n) is 4.81. The molecule has 5 nitrogen and oxygen atoms in total. The average Bonchev–Trinajstić information content (AvgIpc) is 3.34. The Morgan fingerprint density at radius 1 is 1.07 bits per heavy atom. The van der Waals surface area contributed by atoms with Crippen molar-refractivity contribution in [2.75, 3.05) is 14.1 Å². The molecular formula is C23H27N5. The first-order valence-electron chi connectivity index (χ1n) is 10.2. The van der Waals surface area contributed by atoms with Gasteiger partial charge in [-0.3, -0.25) is 4.68 Å². The molecule has 144 valence electrons. The van der Waals surface area contributed by atoms with Gasteiger partial charge in [0.2, 0.25) is 0 Å². The molecular weight excluding hydrogens is 346 g/mol. The summed E-state index contributed by atoms with van der Waals surface area (Å²) in [7, 11) is 6.36. The molecule has 0 bridgehead atoms. The number of aryl methyl sites for hydroxylation is 1. The van der Waals surface area contributed by atoms with Crippen LogP contribution in [0.5, 0.6) is 0 Å². The Morgan fingerprint density at radius 2 is 1.89 bits per heavy atom. The lowest BCUT2D eigenvalue weighted by atomic mass is 9.81. The quantitative estimate of drug-likeness (QED) is 0.566. The number of benzene rings is 1. The molecule has 0 radical (unpaired) electrons. The monoisotopic (exact) mass is 373 g/mol. The topological polar surface area (TPSA) is 49.7 Å². The van der Waals surface area contributed by atoms with Gasteiger partial charge in [-0.05, 0) is 68.3 Å². The average molecular weight is 374 g/mol. The van der Waals surface area contributed by atoms with Crippen molar-refractivity contribution in [1.82, 2.24) is 24.6 Å². The standard InChI is InChI=1S/C23H27N5/c1-27(2)19-8-6-15(7-9-19)21-13-25-23-22(21)20-10-16(4-5-17(20)11-24-23)18-12-26-28(3)14-18/h4-5,10-15,19H,6-9H2,1-3H3,(H,24,25). The van der Waals surface area contributed by atoms with Gasteiger partial charge < -0.3 is 9.88 Å². The minimum atomic E-state index is 0.611. The van der Waals surface area contributed by atoms with Crippen molar-refractivity contribution in [3.8, 4) is 11.1 Å². The first-order valence-corrected chi connectivity index (χ1v) is 10.2. The third-order valence-corrected chi connectivity index (χ3v) is 6.45. The lowest BCUT2D eigenvalue weighted by Crippen LogP contribution is -2.31. The van der Waals surface area contributed by atoms with E-state index in [9.17, 15) is 0 Å². The second-order valence-electron chi connectivity index (χ2n) is 8.40. The van der Waals surface area contributed by atoms with Crippen LogP contribution in [-0.4, -0.2) is 44.8 Å². The van der Waals surface area contributed by atoms with Crippen LogP contribution in [0.4, 0.5) is 0 Å². The SMILES string of the molecule is CN(C)C1CCC(c2c[nH]c3ncc4ccc(-c5cnn(C)c5)cc4c23)CC1. The molecule has 0 spiro atoms. The first-order chi connectivity index (χ1) is 13.6. The summed E-state index contributed by atoms with van der Waals surface area (Å²) < 4.78 is 1.85. The minimum Gasteiger partial charge on any atom is -0.346 e. The van der Waals surface area contributed by atoms with E-state index in [0.717, 1.165) is 11.2 Å². The van der Waals surface area contributed by atoms with Crippen LogP contribution >= 0.6 is 0 Å². The van der Waals surface area contributed by atoms with Gasteiger partial charge in [0.1, 0.15) is 5.65 Å². The molecule has 3 aromatic heterocycles. The summed E-state index contributed by atoms with van der Waals surface area (Å²) in [6, 6.07) is 7.37. The highest BCUT2D eigenvalue weighted by Crippen LogP contribution is 2.40. The second-order valence-corrected chi connectivity index (χ2v) is 8.40. The number of hydrogen-bond acceptors (Lipinski definition) is 3. The first kappa shape index (κ1) is 17.4. The molecule has 0 unspecified atom stereocenters. The largest absolute Gasteiger partial charge is 0.346 e. The highest BCUT2D eigenvalue weighted by Gasteiger charge is 2.26. The summed E-state index contributed by atoms with van der Waals surface area (Å²) in [6.07, 6.45) is 13.2. The van der Waals surface area contributed by atoms with Crippen LogP contribution in [0.15, 0.2) is 43.0 Å². The zero-order valence-electron chi connectivity index (χ0n) is 16.8. The van der Waals surface area contributed by atoms with Gasteiger partial charge in [-0.1, -0.05) is 12.1 Å². The van der Waals surface area contributed by atoms with Crippen LogP contribution in [0.1, 0.15) is 37.2 Å². The third kappa shape index (κ3) is 2.90. The van der Waals surface area contributed by atoms with Crippen LogP contribution < -0.4 is 0 Å². The normalized spacial score (nSPS) is 20.4. The van der Waals surface area contributed by atoms with E-state index in [1.165, 1.54) is 53.0 Å². The molecule has 3 heterocycles. The molecule has 5 heteroatoms. The van der Waals surface area contributed by atoms with Crippen molar-refractivity contribution < 1.29 is 0 Å². The van der Waals surface area contributed by atoms with Crippen LogP contribution in [0.25, 0.3) is 32.9 Å². The van der Waals surface area contributed by atoms with Crippen molar-refractivity contribution in [3.63, 3.8) is 0 Å². The lowest BCUT2D eigenvalue weighted by molar-refractivity contribution is 0.217. The molecule has 5 rings (SSSR count). The Balaban J connectivity index is 1.60. The molecule has 0 aliphatic heterocycles. The van der Waals surface area contributed by atoms with Crippen LogP contribution in [0.3, 0.4) is 0 Å². The number of hydrogen-bond donors (Lipinski definition) is 1. The van der Waals surface area contributed by atoms with E-state index in [0.29, 0.717) is 12.0 Å². The molecule has 1 aromatic carbocycles. The van der Waals surface area contributed by atoms with Crippen molar-refractivity contribution >= 4 is 21.8 Å². The maximum Gasteiger partial charge on any atom is 0.138 e. The molecule has 1 aliphatic carbocycles. The minimum absolute atomic E-state index is 0.611. The summed E-state index contributed by atoms with van der Waals surface area (Å²) >= 11 is 0. The molecule has 0 atom stereocenters. The molecule has 0 saturated heterocycles. The number of nitrogens with zero attached hydrogens (tertiary/aromatic N) is 4. The van der Waals surface area contributed by atoms with Gasteiger partial charge in [-0.15, -0.1) is 0 Å². The van der Waals surface area contributed by atoms with Gasteiger partial charge in [-0.25, -0.2) is 4.98 Å². The van der Waals surface area contributed by atoms with Crippen LogP contribution in [0, 0.1) is 0 Å². The number of pyridine rings is 1. The molecule has 4 aromatic rings. The number of nitrogens with one attached hydrogen (secondary N) is 1. The smallest absolute Gasteiger partial charge is 0.138 e. The summed E-state index contributed by atoms with van der Waals surface area (Å²) in [6.45, 7) is 0. The number of fused-ring (bicyclic) bond motifs is 3. The Bertz CT molecular complexity index is 1130. The fourth-order valence-corrected chi connectivity index (χ4v) is 4.81. The van der Waals surface area contributed by atoms with E-state index in [-0.39, 0.29) is 0 Å². The van der Waals surface area contributed by atoms with Crippen molar-refractivity contribution in [2.45, 2.75) is 37.6 Å². The Kier molecular flexibility index (Phi) is 4.20.